The third kappa shape index (κ3) is 7.91. The van der Waals surface area contributed by atoms with Gasteiger partial charge in [-0.05, 0) is 199 Å². The van der Waals surface area contributed by atoms with Crippen molar-refractivity contribution in [1.29, 1.82) is 0 Å². The second-order valence-electron chi connectivity index (χ2n) is 27.0. The zero-order valence-corrected chi connectivity index (χ0v) is 48.2. The van der Waals surface area contributed by atoms with Gasteiger partial charge in [-0.2, -0.15) is 0 Å². The normalized spacial score (nSPS) is 16.8. The number of anilines is 9. The van der Waals surface area contributed by atoms with Gasteiger partial charge in [-0.15, -0.1) is 0 Å². The standard InChI is InChI=1S/C74H74BN3/c1-47-37-67-69-68(38-47)78(64-40-50(30-29-48(64)2)49-23-17-14-18-24-49)65-42-55(76(53-25-19-15-20-26-53)54-27-21-16-22-28-54)33-35-61(65)75(69)62-43-59-60(74(12,13)46-73(59,10)11)44-66(62)77(67)63-36-32-52(70(3,4)5)41-56(63)51-31-34-57-58(39-51)72(8,9)45-71(57,6)7/h14-44H,45-46H2,1-13H3. The molecule has 0 amide bonds. The molecule has 9 aromatic carbocycles. The highest BCUT2D eigenvalue weighted by Crippen LogP contribution is 2.56. The Morgan fingerprint density at radius 2 is 0.936 bits per heavy atom. The van der Waals surface area contributed by atoms with Crippen LogP contribution in [0.3, 0.4) is 0 Å². The molecule has 0 radical (unpaired) electrons. The monoisotopic (exact) mass is 1020 g/mol. The molecule has 2 heterocycles. The predicted octanol–water partition coefficient (Wildman–Crippen LogP) is 18.4. The second kappa shape index (κ2) is 17.5. The Labute approximate surface area is 465 Å². The highest BCUT2D eigenvalue weighted by Gasteiger charge is 2.49. The summed E-state index contributed by atoms with van der Waals surface area (Å²) in [6, 6.07) is 72.2. The minimum absolute atomic E-state index is 0.00611. The molecular weight excluding hydrogens is 942 g/mol. The molecule has 0 saturated heterocycles. The summed E-state index contributed by atoms with van der Waals surface area (Å²) in [6.45, 7) is 31.3. The molecule has 4 aliphatic rings. The Morgan fingerprint density at radius 3 is 1.55 bits per heavy atom. The van der Waals surface area contributed by atoms with E-state index in [4.69, 9.17) is 0 Å². The summed E-state index contributed by atoms with van der Waals surface area (Å²) in [6.07, 6.45) is 2.22. The molecule has 2 aliphatic carbocycles. The van der Waals surface area contributed by atoms with Crippen LogP contribution in [0, 0.1) is 13.8 Å². The highest BCUT2D eigenvalue weighted by molar-refractivity contribution is 7.00. The molecule has 388 valence electrons. The molecule has 0 atom stereocenters. The van der Waals surface area contributed by atoms with Crippen LogP contribution in [0.2, 0.25) is 0 Å². The van der Waals surface area contributed by atoms with E-state index in [1.807, 2.05) is 0 Å². The summed E-state index contributed by atoms with van der Waals surface area (Å²) in [7, 11) is 0. The lowest BCUT2D eigenvalue weighted by molar-refractivity contribution is 0.403. The average molecular weight is 1020 g/mol. The summed E-state index contributed by atoms with van der Waals surface area (Å²) in [5.74, 6) is 0. The van der Waals surface area contributed by atoms with Crippen LogP contribution in [-0.4, -0.2) is 6.71 Å². The topological polar surface area (TPSA) is 9.72 Å². The van der Waals surface area contributed by atoms with Gasteiger partial charge in [-0.25, -0.2) is 0 Å². The smallest absolute Gasteiger partial charge is 0.252 e. The van der Waals surface area contributed by atoms with Crippen LogP contribution in [-0.2, 0) is 27.1 Å². The van der Waals surface area contributed by atoms with E-state index < -0.39 is 0 Å². The van der Waals surface area contributed by atoms with Crippen LogP contribution in [0.4, 0.5) is 51.2 Å². The minimum Gasteiger partial charge on any atom is -0.311 e. The molecule has 0 aromatic heterocycles. The first-order valence-corrected chi connectivity index (χ1v) is 28.5. The number of benzene rings is 9. The maximum absolute atomic E-state index is 2.71. The van der Waals surface area contributed by atoms with Crippen LogP contribution < -0.4 is 31.1 Å². The summed E-state index contributed by atoms with van der Waals surface area (Å²) >= 11 is 0. The van der Waals surface area contributed by atoms with Gasteiger partial charge >= 0.3 is 0 Å². The molecule has 9 aromatic rings. The third-order valence-corrected chi connectivity index (χ3v) is 18.3. The molecule has 0 saturated carbocycles. The maximum Gasteiger partial charge on any atom is 0.252 e. The largest absolute Gasteiger partial charge is 0.311 e. The lowest BCUT2D eigenvalue weighted by Gasteiger charge is -2.46. The average Bonchev–Trinajstić information content (AvgIpc) is 3.87. The van der Waals surface area contributed by atoms with Crippen molar-refractivity contribution in [2.24, 2.45) is 0 Å². The Hall–Kier alpha value is -7.56. The number of rotatable bonds is 7. The maximum atomic E-state index is 2.71. The Balaban J connectivity index is 1.13. The van der Waals surface area contributed by atoms with Gasteiger partial charge in [-0.1, -0.05) is 191 Å². The van der Waals surface area contributed by atoms with Crippen molar-refractivity contribution in [3.8, 4) is 22.3 Å². The van der Waals surface area contributed by atoms with Gasteiger partial charge in [0.2, 0.25) is 0 Å². The summed E-state index contributed by atoms with van der Waals surface area (Å²) in [5, 5.41) is 0. The van der Waals surface area contributed by atoms with E-state index in [9.17, 15) is 0 Å². The van der Waals surface area contributed by atoms with Crippen molar-refractivity contribution in [1.82, 2.24) is 0 Å². The fourth-order valence-electron chi connectivity index (χ4n) is 15.1. The van der Waals surface area contributed by atoms with E-state index in [0.717, 1.165) is 29.9 Å². The van der Waals surface area contributed by atoms with E-state index in [2.05, 4.69) is 293 Å². The molecule has 78 heavy (non-hydrogen) atoms. The van der Waals surface area contributed by atoms with E-state index in [0.29, 0.717) is 0 Å². The number of hydrogen-bond acceptors (Lipinski definition) is 3. The minimum atomic E-state index is -0.0546. The van der Waals surface area contributed by atoms with Crippen LogP contribution in [0.25, 0.3) is 22.3 Å². The van der Waals surface area contributed by atoms with Gasteiger partial charge in [0, 0.05) is 51.1 Å². The van der Waals surface area contributed by atoms with Crippen molar-refractivity contribution < 1.29 is 0 Å². The SMILES string of the molecule is Cc1cc2c3c(c1)N(c1ccc(C(C)(C)C)cc1-c1ccc4c(c1)C(C)(C)CC4(C)C)c1cc4c(cc1B3c1ccc(N(c3ccccc3)c3ccccc3)cc1N2c1cc(-c2ccccc2)ccc1C)C(C)(C)CC4(C)C. The summed E-state index contributed by atoms with van der Waals surface area (Å²) in [5.41, 5.74) is 29.5. The molecule has 0 unspecified atom stereocenters. The van der Waals surface area contributed by atoms with Crippen molar-refractivity contribution in [2.75, 3.05) is 14.7 Å². The Bertz CT molecular complexity index is 3840. The van der Waals surface area contributed by atoms with E-state index in [1.54, 1.807) is 0 Å². The van der Waals surface area contributed by atoms with Crippen molar-refractivity contribution >= 4 is 74.3 Å². The van der Waals surface area contributed by atoms with Gasteiger partial charge in [0.1, 0.15) is 0 Å². The lowest BCUT2D eigenvalue weighted by Crippen LogP contribution is -2.61. The number of hydrogen-bond donors (Lipinski definition) is 0. The molecule has 0 N–H and O–H groups in total. The summed E-state index contributed by atoms with van der Waals surface area (Å²) < 4.78 is 0. The predicted molar refractivity (Wildman–Crippen MR) is 336 cm³/mol. The first kappa shape index (κ1) is 50.0. The first-order valence-electron chi connectivity index (χ1n) is 28.5. The van der Waals surface area contributed by atoms with E-state index >= 15 is 0 Å². The van der Waals surface area contributed by atoms with Crippen LogP contribution in [0.1, 0.15) is 128 Å². The van der Waals surface area contributed by atoms with Crippen molar-refractivity contribution in [3.63, 3.8) is 0 Å². The van der Waals surface area contributed by atoms with Crippen molar-refractivity contribution in [3.05, 3.63) is 227 Å². The molecule has 13 rings (SSSR count). The fraction of sp³-hybridized carbons (Fsp3) is 0.270. The molecular formula is C74H74BN3. The first-order chi connectivity index (χ1) is 37.1. The van der Waals surface area contributed by atoms with Crippen molar-refractivity contribution in [2.45, 2.75) is 130 Å². The number of nitrogens with zero attached hydrogens (tertiary/aromatic N) is 3. The Morgan fingerprint density at radius 1 is 0.397 bits per heavy atom. The molecule has 2 aliphatic heterocycles. The highest BCUT2D eigenvalue weighted by atomic mass is 15.2. The number of aryl methyl sites for hydroxylation is 2. The molecule has 0 spiro atoms. The van der Waals surface area contributed by atoms with E-state index in [1.165, 1.54) is 112 Å². The van der Waals surface area contributed by atoms with Gasteiger partial charge in [0.05, 0.1) is 5.69 Å². The van der Waals surface area contributed by atoms with Gasteiger partial charge in [0.15, 0.2) is 0 Å². The zero-order chi connectivity index (χ0) is 54.4. The van der Waals surface area contributed by atoms with Gasteiger partial charge in [-0.3, -0.25) is 0 Å². The Kier molecular flexibility index (Phi) is 11.2. The number of para-hydroxylation sites is 2. The fourth-order valence-corrected chi connectivity index (χ4v) is 15.1. The van der Waals surface area contributed by atoms with Gasteiger partial charge in [0.25, 0.3) is 6.71 Å². The molecule has 3 nitrogen and oxygen atoms in total. The lowest BCUT2D eigenvalue weighted by atomic mass is 9.33. The zero-order valence-electron chi connectivity index (χ0n) is 48.2. The second-order valence-corrected chi connectivity index (χ2v) is 27.0. The van der Waals surface area contributed by atoms with Crippen LogP contribution in [0.15, 0.2) is 188 Å². The van der Waals surface area contributed by atoms with Crippen LogP contribution >= 0.6 is 0 Å². The third-order valence-electron chi connectivity index (χ3n) is 18.3. The number of fused-ring (bicyclic) bond motifs is 6. The molecule has 0 fully saturated rings. The van der Waals surface area contributed by atoms with Gasteiger partial charge < -0.3 is 14.7 Å². The van der Waals surface area contributed by atoms with E-state index in [-0.39, 0.29) is 33.8 Å². The quantitative estimate of drug-likeness (QED) is 0.147. The molecule has 4 heteroatoms. The van der Waals surface area contributed by atoms with Crippen LogP contribution in [0.5, 0.6) is 0 Å². The summed E-state index contributed by atoms with van der Waals surface area (Å²) in [4.78, 5) is 7.76. The molecule has 0 bridgehead atoms.